The molecule has 1 fully saturated rings. The van der Waals surface area contributed by atoms with E-state index in [4.69, 9.17) is 0 Å². The zero-order valence-electron chi connectivity index (χ0n) is 11.7. The molecule has 1 aliphatic carbocycles. The van der Waals surface area contributed by atoms with Crippen molar-refractivity contribution in [3.05, 3.63) is 35.9 Å². The Morgan fingerprint density at radius 3 is 2.14 bits per heavy atom. The average Bonchev–Trinajstić information content (AvgIpc) is 2.48. The molecule has 0 aromatic heterocycles. The molecule has 1 unspecified atom stereocenters. The summed E-state index contributed by atoms with van der Waals surface area (Å²) in [6, 6.07) is 8.92. The molecule has 1 N–H and O–H groups in total. The molecule has 1 saturated carbocycles. The maximum Gasteiger partial charge on any atom is 0.424 e. The number of aldehydes is 1. The number of halogens is 3. The van der Waals surface area contributed by atoms with E-state index in [1.807, 2.05) is 0 Å². The van der Waals surface area contributed by atoms with Gasteiger partial charge < -0.3 is 5.11 Å². The maximum absolute atomic E-state index is 13.1. The Labute approximate surface area is 122 Å². The molecule has 0 heterocycles. The van der Waals surface area contributed by atoms with Crippen molar-refractivity contribution in [3.8, 4) is 0 Å². The summed E-state index contributed by atoms with van der Waals surface area (Å²) in [6.07, 6.45) is -2.20. The first-order valence-corrected chi connectivity index (χ1v) is 7.14. The third-order valence-corrected chi connectivity index (χ3v) is 4.49. The zero-order chi connectivity index (χ0) is 15.6. The second-order valence-electron chi connectivity index (χ2n) is 5.92. The number of hydrogen-bond acceptors (Lipinski definition) is 2. The van der Waals surface area contributed by atoms with Crippen LogP contribution in [0, 0.1) is 0 Å². The van der Waals surface area contributed by atoms with Crippen LogP contribution >= 0.6 is 0 Å². The topological polar surface area (TPSA) is 37.3 Å². The van der Waals surface area contributed by atoms with Crippen molar-refractivity contribution in [1.29, 1.82) is 0 Å². The van der Waals surface area contributed by atoms with Gasteiger partial charge in [-0.1, -0.05) is 49.6 Å². The van der Waals surface area contributed by atoms with Crippen molar-refractivity contribution in [2.24, 2.45) is 0 Å². The van der Waals surface area contributed by atoms with E-state index in [1.165, 1.54) is 0 Å². The number of alkyl halides is 3. The SMILES string of the molecule is O=CC(O)(CC1(c2ccccc2)CCCCC1)C(F)(F)F. The molecule has 21 heavy (non-hydrogen) atoms. The van der Waals surface area contributed by atoms with Crippen LogP contribution in [0.3, 0.4) is 0 Å². The standard InChI is InChI=1S/C16H19F3O2/c17-16(18,19)15(21,12-20)11-14(9-5-2-6-10-14)13-7-3-1-4-8-13/h1,3-4,7-8,12,21H,2,5-6,9-11H2. The van der Waals surface area contributed by atoms with Crippen molar-refractivity contribution >= 4 is 6.29 Å². The van der Waals surface area contributed by atoms with Crippen LogP contribution < -0.4 is 0 Å². The molecule has 1 atom stereocenters. The summed E-state index contributed by atoms with van der Waals surface area (Å²) in [7, 11) is 0. The van der Waals surface area contributed by atoms with Crippen molar-refractivity contribution in [3.63, 3.8) is 0 Å². The van der Waals surface area contributed by atoms with Gasteiger partial charge in [-0.2, -0.15) is 13.2 Å². The van der Waals surface area contributed by atoms with Crippen LogP contribution in [0.2, 0.25) is 0 Å². The summed E-state index contributed by atoms with van der Waals surface area (Å²) in [5.74, 6) is 0. The molecule has 0 amide bonds. The average molecular weight is 300 g/mol. The van der Waals surface area contributed by atoms with E-state index in [0.717, 1.165) is 24.8 Å². The first-order valence-electron chi connectivity index (χ1n) is 7.14. The Morgan fingerprint density at radius 2 is 1.67 bits per heavy atom. The monoisotopic (exact) mass is 300 g/mol. The van der Waals surface area contributed by atoms with Crippen LogP contribution in [0.5, 0.6) is 0 Å². The van der Waals surface area contributed by atoms with Crippen molar-refractivity contribution in [2.45, 2.75) is 55.7 Å². The fourth-order valence-electron chi connectivity index (χ4n) is 3.31. The van der Waals surface area contributed by atoms with Gasteiger partial charge >= 0.3 is 6.18 Å². The number of rotatable bonds is 4. The van der Waals surface area contributed by atoms with Gasteiger partial charge in [0.05, 0.1) is 0 Å². The van der Waals surface area contributed by atoms with E-state index in [9.17, 15) is 23.1 Å². The van der Waals surface area contributed by atoms with Gasteiger partial charge in [-0.15, -0.1) is 0 Å². The summed E-state index contributed by atoms with van der Waals surface area (Å²) < 4.78 is 39.2. The highest BCUT2D eigenvalue weighted by atomic mass is 19.4. The van der Waals surface area contributed by atoms with Gasteiger partial charge in [0, 0.05) is 6.42 Å². The van der Waals surface area contributed by atoms with Gasteiger partial charge in [-0.3, -0.25) is 4.79 Å². The molecule has 0 spiro atoms. The lowest BCUT2D eigenvalue weighted by atomic mass is 9.64. The molecule has 116 valence electrons. The molecule has 2 rings (SSSR count). The Bertz CT molecular complexity index is 478. The van der Waals surface area contributed by atoms with Gasteiger partial charge in [0.2, 0.25) is 5.60 Å². The second kappa shape index (κ2) is 5.79. The van der Waals surface area contributed by atoms with Gasteiger partial charge in [0.15, 0.2) is 6.29 Å². The number of carbonyl (C=O) groups excluding carboxylic acids is 1. The lowest BCUT2D eigenvalue weighted by Gasteiger charge is -2.42. The Hall–Kier alpha value is -1.36. The third-order valence-electron chi connectivity index (χ3n) is 4.49. The van der Waals surface area contributed by atoms with Gasteiger partial charge in [-0.25, -0.2) is 0 Å². The lowest BCUT2D eigenvalue weighted by molar-refractivity contribution is -0.251. The molecule has 2 nitrogen and oxygen atoms in total. The predicted octanol–water partition coefficient (Wildman–Crippen LogP) is 3.77. The molecule has 1 aliphatic rings. The number of carbonyl (C=O) groups is 1. The van der Waals surface area contributed by atoms with Crippen LogP contribution in [0.1, 0.15) is 44.1 Å². The van der Waals surface area contributed by atoms with Crippen LogP contribution in [-0.2, 0) is 10.2 Å². The van der Waals surface area contributed by atoms with E-state index < -0.39 is 23.6 Å². The second-order valence-corrected chi connectivity index (χ2v) is 5.92. The van der Waals surface area contributed by atoms with Gasteiger partial charge in [0.1, 0.15) is 0 Å². The fourth-order valence-corrected chi connectivity index (χ4v) is 3.31. The van der Waals surface area contributed by atoms with E-state index in [2.05, 4.69) is 0 Å². The maximum atomic E-state index is 13.1. The number of hydrogen-bond donors (Lipinski definition) is 1. The quantitative estimate of drug-likeness (QED) is 0.859. The summed E-state index contributed by atoms with van der Waals surface area (Å²) in [6.45, 7) is 0. The first kappa shape index (κ1) is 16.0. The lowest BCUT2D eigenvalue weighted by Crippen LogP contribution is -2.52. The van der Waals surface area contributed by atoms with Gasteiger partial charge in [-0.05, 0) is 23.8 Å². The van der Waals surface area contributed by atoms with E-state index >= 15 is 0 Å². The molecular formula is C16H19F3O2. The minimum atomic E-state index is -4.95. The normalized spacial score (nSPS) is 21.5. The number of benzene rings is 1. The Balaban J connectivity index is 2.40. The van der Waals surface area contributed by atoms with Crippen molar-refractivity contribution in [2.75, 3.05) is 0 Å². The van der Waals surface area contributed by atoms with Crippen LogP contribution in [0.25, 0.3) is 0 Å². The summed E-state index contributed by atoms with van der Waals surface area (Å²) in [5, 5.41) is 9.84. The van der Waals surface area contributed by atoms with E-state index in [0.29, 0.717) is 12.8 Å². The minimum absolute atomic E-state index is 0.355. The molecule has 0 radical (unpaired) electrons. The molecule has 1 aromatic carbocycles. The van der Waals surface area contributed by atoms with Crippen LogP contribution in [-0.4, -0.2) is 23.2 Å². The van der Waals surface area contributed by atoms with Gasteiger partial charge in [0.25, 0.3) is 0 Å². The number of aliphatic hydroxyl groups is 1. The van der Waals surface area contributed by atoms with E-state index in [-0.39, 0.29) is 6.29 Å². The van der Waals surface area contributed by atoms with Crippen molar-refractivity contribution < 1.29 is 23.1 Å². The molecule has 0 bridgehead atoms. The zero-order valence-corrected chi connectivity index (χ0v) is 11.7. The van der Waals surface area contributed by atoms with Crippen LogP contribution in [0.15, 0.2) is 30.3 Å². The molecule has 1 aromatic rings. The first-order chi connectivity index (χ1) is 9.83. The molecule has 5 heteroatoms. The minimum Gasteiger partial charge on any atom is -0.374 e. The smallest absolute Gasteiger partial charge is 0.374 e. The van der Waals surface area contributed by atoms with Crippen molar-refractivity contribution in [1.82, 2.24) is 0 Å². The Kier molecular flexibility index (Phi) is 4.42. The Morgan fingerprint density at radius 1 is 1.10 bits per heavy atom. The molecule has 0 saturated heterocycles. The molecular weight excluding hydrogens is 281 g/mol. The largest absolute Gasteiger partial charge is 0.424 e. The highest BCUT2D eigenvalue weighted by molar-refractivity contribution is 5.64. The molecule has 0 aliphatic heterocycles. The predicted molar refractivity (Wildman–Crippen MR) is 72.9 cm³/mol. The van der Waals surface area contributed by atoms with Crippen LogP contribution in [0.4, 0.5) is 13.2 Å². The highest BCUT2D eigenvalue weighted by Crippen LogP contribution is 2.47. The fraction of sp³-hybridized carbons (Fsp3) is 0.562. The third kappa shape index (κ3) is 3.12. The summed E-state index contributed by atoms with van der Waals surface area (Å²) in [5.41, 5.74) is -3.29. The highest BCUT2D eigenvalue weighted by Gasteiger charge is 2.57. The summed E-state index contributed by atoms with van der Waals surface area (Å²) in [4.78, 5) is 11.0. The van der Waals surface area contributed by atoms with E-state index in [1.54, 1.807) is 30.3 Å². The summed E-state index contributed by atoms with van der Waals surface area (Å²) >= 11 is 0.